The molecule has 1 heterocycles. The molecule has 4 aromatic rings. The minimum Gasteiger partial charge on any atom is -0.493 e. The fraction of sp³-hybridized carbons (Fsp3) is 0.200. The highest BCUT2D eigenvalue weighted by molar-refractivity contribution is 6.16. The van der Waals surface area contributed by atoms with Crippen LogP contribution in [0.15, 0.2) is 66.9 Å². The minimum atomic E-state index is -1.41. The van der Waals surface area contributed by atoms with Crippen molar-refractivity contribution < 1.29 is 42.6 Å². The number of hydroxylamine groups is 1. The first kappa shape index (κ1) is 29.2. The van der Waals surface area contributed by atoms with Crippen LogP contribution >= 0.6 is 0 Å². The maximum Gasteiger partial charge on any atom is 0.247 e. The molecule has 0 aliphatic heterocycles. The van der Waals surface area contributed by atoms with Crippen LogP contribution in [0.5, 0.6) is 23.0 Å². The van der Waals surface area contributed by atoms with E-state index in [9.17, 15) is 18.8 Å². The van der Waals surface area contributed by atoms with Gasteiger partial charge in [0, 0.05) is 29.4 Å². The van der Waals surface area contributed by atoms with Crippen molar-refractivity contribution in [2.75, 3.05) is 18.6 Å². The molecule has 0 atom stereocenters. The van der Waals surface area contributed by atoms with Crippen molar-refractivity contribution in [1.82, 2.24) is 10.5 Å². The average Bonchev–Trinajstić information content (AvgIpc) is 3.82. The summed E-state index contributed by atoms with van der Waals surface area (Å²) in [6, 6.07) is 13.5. The molecule has 3 aromatic carbocycles. The molecule has 5 rings (SSSR count). The van der Waals surface area contributed by atoms with Crippen LogP contribution in [0.25, 0.3) is 10.9 Å². The molecule has 0 spiro atoms. The highest BCUT2D eigenvalue weighted by Gasteiger charge is 2.57. The van der Waals surface area contributed by atoms with Crippen molar-refractivity contribution >= 4 is 40.0 Å². The molecular weight excluding hydrogens is 566 g/mol. The van der Waals surface area contributed by atoms with Gasteiger partial charge in [-0.3, -0.25) is 29.5 Å². The third-order valence-electron chi connectivity index (χ3n) is 7.01. The zero-order chi connectivity index (χ0) is 30.7. The Morgan fingerprint density at radius 2 is 1.70 bits per heavy atom. The zero-order valence-electron chi connectivity index (χ0n) is 22.8. The highest BCUT2D eigenvalue weighted by Crippen LogP contribution is 2.49. The minimum absolute atomic E-state index is 0.0417. The number of nitrogens with zero attached hydrogens (tertiary/aromatic N) is 2. The molecule has 0 radical (unpaired) electrons. The first-order valence-corrected chi connectivity index (χ1v) is 13.1. The van der Waals surface area contributed by atoms with Crippen molar-refractivity contribution in [1.29, 1.82) is 0 Å². The monoisotopic (exact) mass is 592 g/mol. The molecule has 11 nitrogen and oxygen atoms in total. The van der Waals surface area contributed by atoms with Gasteiger partial charge < -0.3 is 19.9 Å². The van der Waals surface area contributed by atoms with Gasteiger partial charge in [-0.2, -0.15) is 0 Å². The Hall–Kier alpha value is -5.30. The fourth-order valence-electron chi connectivity index (χ4n) is 4.51. The Labute approximate surface area is 243 Å². The van der Waals surface area contributed by atoms with Crippen LogP contribution in [0, 0.1) is 17.0 Å². The van der Waals surface area contributed by atoms with Gasteiger partial charge in [0.2, 0.25) is 17.7 Å². The summed E-state index contributed by atoms with van der Waals surface area (Å²) in [6.45, 7) is -0.0417. The second kappa shape index (κ2) is 11.9. The zero-order valence-corrected chi connectivity index (χ0v) is 22.8. The van der Waals surface area contributed by atoms with Crippen LogP contribution in [0.1, 0.15) is 19.3 Å². The number of nitrogens with two attached hydrogens (primary N) is 1. The number of hydrogen-bond donors (Lipinski definition) is 3. The maximum absolute atomic E-state index is 15.5. The number of primary amides is 1. The second-order valence-corrected chi connectivity index (χ2v) is 9.74. The van der Waals surface area contributed by atoms with Gasteiger partial charge in [-0.05, 0) is 61.4 Å². The van der Waals surface area contributed by atoms with E-state index in [4.69, 9.17) is 25.2 Å². The Kier molecular flexibility index (Phi) is 8.08. The molecule has 4 N–H and O–H groups in total. The average molecular weight is 593 g/mol. The number of pyridine rings is 1. The van der Waals surface area contributed by atoms with Gasteiger partial charge in [0.05, 0.1) is 31.3 Å². The summed E-state index contributed by atoms with van der Waals surface area (Å²) in [5, 5.41) is 9.11. The Morgan fingerprint density at radius 3 is 2.33 bits per heavy atom. The van der Waals surface area contributed by atoms with E-state index in [1.165, 1.54) is 49.1 Å². The molecular formula is C30H26F2N4O7. The van der Waals surface area contributed by atoms with E-state index in [0.29, 0.717) is 16.7 Å². The number of carbonyl (C=O) groups excluding carboxylic acids is 3. The number of methoxy groups -OCH3 is 1. The molecule has 0 unspecified atom stereocenters. The highest BCUT2D eigenvalue weighted by atomic mass is 19.1. The number of nitrogens with one attached hydrogen (secondary N) is 1. The van der Waals surface area contributed by atoms with Crippen molar-refractivity contribution in [3.05, 3.63) is 78.5 Å². The van der Waals surface area contributed by atoms with Gasteiger partial charge in [-0.25, -0.2) is 14.3 Å². The summed E-state index contributed by atoms with van der Waals surface area (Å²) < 4.78 is 46.1. The Bertz CT molecular complexity index is 1710. The SMILES string of the molecule is COc1cc2c(Oc3ccc(N(C(=O)C4(C(N)=O)CC4)c4ccc(F)cc4)cc3F)ccnc2cc1OCCC(=O)NO. The van der Waals surface area contributed by atoms with E-state index in [1.807, 2.05) is 0 Å². The van der Waals surface area contributed by atoms with Gasteiger partial charge in [-0.1, -0.05) is 0 Å². The number of halogens is 2. The van der Waals surface area contributed by atoms with Crippen molar-refractivity contribution in [3.63, 3.8) is 0 Å². The molecule has 43 heavy (non-hydrogen) atoms. The van der Waals surface area contributed by atoms with Gasteiger partial charge >= 0.3 is 0 Å². The number of benzene rings is 3. The maximum atomic E-state index is 15.5. The quantitative estimate of drug-likeness (QED) is 0.131. The molecule has 1 saturated carbocycles. The number of aromatic nitrogens is 1. The predicted molar refractivity (Wildman–Crippen MR) is 149 cm³/mol. The van der Waals surface area contributed by atoms with Crippen LogP contribution < -0.4 is 30.3 Å². The van der Waals surface area contributed by atoms with E-state index in [0.717, 1.165) is 23.1 Å². The summed E-state index contributed by atoms with van der Waals surface area (Å²) in [5.74, 6) is -2.75. The molecule has 0 saturated heterocycles. The number of hydrogen-bond acceptors (Lipinski definition) is 8. The smallest absolute Gasteiger partial charge is 0.247 e. The van der Waals surface area contributed by atoms with Crippen LogP contribution in [0.4, 0.5) is 20.2 Å². The molecule has 1 aromatic heterocycles. The van der Waals surface area contributed by atoms with E-state index >= 15 is 4.39 Å². The topological polar surface area (TPSA) is 153 Å². The Balaban J connectivity index is 1.45. The van der Waals surface area contributed by atoms with Crippen molar-refractivity contribution in [3.8, 4) is 23.0 Å². The van der Waals surface area contributed by atoms with E-state index in [-0.39, 0.29) is 54.5 Å². The number of anilines is 2. The van der Waals surface area contributed by atoms with E-state index < -0.39 is 34.8 Å². The van der Waals surface area contributed by atoms with Gasteiger partial charge in [0.15, 0.2) is 23.1 Å². The predicted octanol–water partition coefficient (Wildman–Crippen LogP) is 4.52. The van der Waals surface area contributed by atoms with E-state index in [1.54, 1.807) is 12.1 Å². The third kappa shape index (κ3) is 5.88. The lowest BCUT2D eigenvalue weighted by atomic mass is 10.0. The number of rotatable bonds is 11. The molecule has 1 aliphatic rings. The Morgan fingerprint density at radius 1 is 0.977 bits per heavy atom. The molecule has 1 aliphatic carbocycles. The summed E-state index contributed by atoms with van der Waals surface area (Å²) in [7, 11) is 1.42. The largest absolute Gasteiger partial charge is 0.493 e. The molecule has 3 amide bonds. The first-order chi connectivity index (χ1) is 20.7. The summed E-state index contributed by atoms with van der Waals surface area (Å²) in [5.41, 5.74) is 6.37. The lowest BCUT2D eigenvalue weighted by Gasteiger charge is -2.26. The number of ether oxygens (including phenoxy) is 3. The van der Waals surface area contributed by atoms with Gasteiger partial charge in [-0.15, -0.1) is 0 Å². The number of amides is 3. The van der Waals surface area contributed by atoms with Crippen molar-refractivity contribution in [2.24, 2.45) is 11.1 Å². The fourth-order valence-corrected chi connectivity index (χ4v) is 4.51. The lowest BCUT2D eigenvalue weighted by Crippen LogP contribution is -2.41. The number of fused-ring (bicyclic) bond motifs is 1. The van der Waals surface area contributed by atoms with Crippen LogP contribution in [-0.4, -0.2) is 41.6 Å². The standard InChI is InChI=1S/C30H26F2N4O7/c1-41-25-15-20-22(16-26(25)42-13-9-27(37)35-40)34-12-8-23(20)43-24-7-6-19(14-21(24)32)36(18-4-2-17(31)3-5-18)29(39)30(10-11-30)28(33)38/h2-8,12,14-16,40H,9-11,13H2,1H3,(H2,33,38)(H,35,37). The molecule has 13 heteroatoms. The normalized spacial score (nSPS) is 13.2. The van der Waals surface area contributed by atoms with Crippen molar-refractivity contribution in [2.45, 2.75) is 19.3 Å². The van der Waals surface area contributed by atoms with Gasteiger partial charge in [0.1, 0.15) is 17.0 Å². The van der Waals surface area contributed by atoms with Crippen LogP contribution in [-0.2, 0) is 14.4 Å². The van der Waals surface area contributed by atoms with Crippen LogP contribution in [0.3, 0.4) is 0 Å². The summed E-state index contributed by atoms with van der Waals surface area (Å²) in [4.78, 5) is 42.3. The molecule has 222 valence electrons. The molecule has 0 bridgehead atoms. The lowest BCUT2D eigenvalue weighted by molar-refractivity contribution is -0.133. The summed E-state index contributed by atoms with van der Waals surface area (Å²) in [6.07, 6.45) is 1.86. The third-order valence-corrected chi connectivity index (χ3v) is 7.01. The first-order valence-electron chi connectivity index (χ1n) is 13.1. The summed E-state index contributed by atoms with van der Waals surface area (Å²) >= 11 is 0. The molecule has 1 fully saturated rings. The van der Waals surface area contributed by atoms with Gasteiger partial charge in [0.25, 0.3) is 0 Å². The van der Waals surface area contributed by atoms with Crippen LogP contribution in [0.2, 0.25) is 0 Å². The number of carbonyl (C=O) groups is 3. The second-order valence-electron chi connectivity index (χ2n) is 9.74. The van der Waals surface area contributed by atoms with E-state index in [2.05, 4.69) is 4.98 Å².